The molecule has 0 unspecified atom stereocenters. The number of rotatable bonds is 5. The Balaban J connectivity index is 2.42. The third-order valence-corrected chi connectivity index (χ3v) is 3.30. The Morgan fingerprint density at radius 2 is 1.95 bits per heavy atom. The van der Waals surface area contributed by atoms with Crippen LogP contribution in [0, 0.1) is 0 Å². The summed E-state index contributed by atoms with van der Waals surface area (Å²) in [6.45, 7) is 4.03. The smallest absolute Gasteiger partial charge is 0.280 e. The minimum atomic E-state index is -0.543. The van der Waals surface area contributed by atoms with Crippen molar-refractivity contribution in [1.29, 1.82) is 0 Å². The van der Waals surface area contributed by atoms with Gasteiger partial charge in [0.1, 0.15) is 5.60 Å². The summed E-state index contributed by atoms with van der Waals surface area (Å²) in [7, 11) is 1.64. The molecular formula is C12H17N5O2. The molecule has 0 saturated carbocycles. The number of nitrogens with two attached hydrogens (primary N) is 1. The van der Waals surface area contributed by atoms with Crippen molar-refractivity contribution >= 4 is 5.82 Å². The van der Waals surface area contributed by atoms with Gasteiger partial charge in [-0.25, -0.2) is 9.97 Å². The molecule has 0 fully saturated rings. The van der Waals surface area contributed by atoms with Crippen molar-refractivity contribution in [1.82, 2.24) is 20.1 Å². The molecule has 19 heavy (non-hydrogen) atoms. The van der Waals surface area contributed by atoms with Crippen LogP contribution in [0.5, 0.6) is 0 Å². The molecular weight excluding hydrogens is 246 g/mol. The highest BCUT2D eigenvalue weighted by Gasteiger charge is 2.34. The highest BCUT2D eigenvalue weighted by molar-refractivity contribution is 5.61. The van der Waals surface area contributed by atoms with Crippen LogP contribution in [0.3, 0.4) is 0 Å². The average molecular weight is 263 g/mol. The van der Waals surface area contributed by atoms with Crippen LogP contribution in [0.1, 0.15) is 32.5 Å². The van der Waals surface area contributed by atoms with Crippen LogP contribution in [0.15, 0.2) is 16.9 Å². The number of ether oxygens (including phenoxy) is 1. The first kappa shape index (κ1) is 13.4. The second-order valence-electron chi connectivity index (χ2n) is 4.12. The number of hydrogen-bond donors (Lipinski definition) is 1. The fraction of sp³-hybridized carbons (Fsp3) is 0.500. The highest BCUT2D eigenvalue weighted by Crippen LogP contribution is 2.31. The number of anilines is 1. The molecule has 0 spiro atoms. The normalized spacial score (nSPS) is 11.7. The molecule has 7 nitrogen and oxygen atoms in total. The average Bonchev–Trinajstić information content (AvgIpc) is 2.92. The monoisotopic (exact) mass is 263 g/mol. The summed E-state index contributed by atoms with van der Waals surface area (Å²) in [6, 6.07) is 0. The van der Waals surface area contributed by atoms with Crippen LogP contribution in [0.4, 0.5) is 5.82 Å². The van der Waals surface area contributed by atoms with E-state index in [0.29, 0.717) is 11.5 Å². The Labute approximate surface area is 111 Å². The number of aromatic nitrogens is 4. The van der Waals surface area contributed by atoms with Crippen molar-refractivity contribution in [3.63, 3.8) is 0 Å². The van der Waals surface area contributed by atoms with Crippen LogP contribution in [-0.4, -0.2) is 27.2 Å². The van der Waals surface area contributed by atoms with E-state index in [1.807, 2.05) is 13.8 Å². The fourth-order valence-electron chi connectivity index (χ4n) is 1.96. The number of nitrogens with zero attached hydrogens (tertiary/aromatic N) is 4. The summed E-state index contributed by atoms with van der Waals surface area (Å²) in [4.78, 5) is 12.4. The fourth-order valence-corrected chi connectivity index (χ4v) is 1.96. The second-order valence-corrected chi connectivity index (χ2v) is 4.12. The summed E-state index contributed by atoms with van der Waals surface area (Å²) in [5.41, 5.74) is 5.58. The van der Waals surface area contributed by atoms with Gasteiger partial charge in [-0.1, -0.05) is 19.0 Å². The Kier molecular flexibility index (Phi) is 3.75. The van der Waals surface area contributed by atoms with Gasteiger partial charge in [0.15, 0.2) is 11.5 Å². The predicted molar refractivity (Wildman–Crippen MR) is 69.0 cm³/mol. The zero-order valence-corrected chi connectivity index (χ0v) is 11.3. The van der Waals surface area contributed by atoms with Gasteiger partial charge in [-0.3, -0.25) is 0 Å². The van der Waals surface area contributed by atoms with Gasteiger partial charge in [0.05, 0.1) is 0 Å². The number of nitrogen functional groups attached to an aromatic ring is 1. The molecule has 0 bridgehead atoms. The minimum Gasteiger partial charge on any atom is -0.382 e. The molecule has 0 saturated heterocycles. The Hall–Kier alpha value is -2.02. The summed E-state index contributed by atoms with van der Waals surface area (Å²) < 4.78 is 10.8. The SMILES string of the molecule is CCC(CC)(OC)c1noc(-c2nccnc2N)n1. The topological polar surface area (TPSA) is 100.0 Å². The van der Waals surface area contributed by atoms with Crippen LogP contribution in [0.25, 0.3) is 11.6 Å². The summed E-state index contributed by atoms with van der Waals surface area (Å²) in [6.07, 6.45) is 4.52. The van der Waals surface area contributed by atoms with Crippen LogP contribution < -0.4 is 5.73 Å². The van der Waals surface area contributed by atoms with E-state index in [9.17, 15) is 0 Å². The lowest BCUT2D eigenvalue weighted by Gasteiger charge is -2.25. The van der Waals surface area contributed by atoms with Gasteiger partial charge in [0.2, 0.25) is 5.82 Å². The largest absolute Gasteiger partial charge is 0.382 e. The maximum Gasteiger partial charge on any atom is 0.280 e. The van der Waals surface area contributed by atoms with Gasteiger partial charge in [-0.15, -0.1) is 0 Å². The van der Waals surface area contributed by atoms with Gasteiger partial charge in [-0.2, -0.15) is 4.98 Å². The molecule has 102 valence electrons. The predicted octanol–water partition coefficient (Wildman–Crippen LogP) is 1.77. The first-order valence-electron chi connectivity index (χ1n) is 6.13. The zero-order valence-electron chi connectivity index (χ0n) is 11.3. The van der Waals surface area contributed by atoms with Crippen LogP contribution >= 0.6 is 0 Å². The summed E-state index contributed by atoms with van der Waals surface area (Å²) >= 11 is 0. The molecule has 2 N–H and O–H groups in total. The molecule has 0 aliphatic carbocycles. The van der Waals surface area contributed by atoms with E-state index in [0.717, 1.165) is 12.8 Å². The van der Waals surface area contributed by atoms with Crippen molar-refractivity contribution in [2.75, 3.05) is 12.8 Å². The second kappa shape index (κ2) is 5.31. The lowest BCUT2D eigenvalue weighted by Crippen LogP contribution is -2.28. The van der Waals surface area contributed by atoms with Crippen molar-refractivity contribution in [2.45, 2.75) is 32.3 Å². The molecule has 0 radical (unpaired) electrons. The molecule has 2 rings (SSSR count). The molecule has 0 aliphatic rings. The Morgan fingerprint density at radius 3 is 2.53 bits per heavy atom. The summed E-state index contributed by atoms with van der Waals surface area (Å²) in [5, 5.41) is 3.98. The zero-order chi connectivity index (χ0) is 13.9. The van der Waals surface area contributed by atoms with Crippen molar-refractivity contribution < 1.29 is 9.26 Å². The van der Waals surface area contributed by atoms with Crippen molar-refractivity contribution in [3.8, 4) is 11.6 Å². The van der Waals surface area contributed by atoms with Gasteiger partial charge in [-0.05, 0) is 12.8 Å². The first-order valence-corrected chi connectivity index (χ1v) is 6.13. The molecule has 2 aromatic heterocycles. The van der Waals surface area contributed by atoms with E-state index in [1.54, 1.807) is 7.11 Å². The molecule has 2 aromatic rings. The Bertz CT molecular complexity index is 542. The lowest BCUT2D eigenvalue weighted by atomic mass is 9.96. The molecule has 0 amide bonds. The Morgan fingerprint density at radius 1 is 1.26 bits per heavy atom. The third kappa shape index (κ3) is 2.28. The maximum atomic E-state index is 5.74. The molecule has 0 aromatic carbocycles. The molecule has 2 heterocycles. The van der Waals surface area contributed by atoms with Crippen LogP contribution in [-0.2, 0) is 10.3 Å². The van der Waals surface area contributed by atoms with Crippen molar-refractivity contribution in [3.05, 3.63) is 18.2 Å². The van der Waals surface area contributed by atoms with E-state index in [4.69, 9.17) is 15.0 Å². The minimum absolute atomic E-state index is 0.254. The maximum absolute atomic E-state index is 5.74. The molecule has 0 aliphatic heterocycles. The van der Waals surface area contributed by atoms with Gasteiger partial charge >= 0.3 is 0 Å². The lowest BCUT2D eigenvalue weighted by molar-refractivity contribution is -0.0306. The highest BCUT2D eigenvalue weighted by atomic mass is 16.5. The van der Waals surface area contributed by atoms with Gasteiger partial charge in [0.25, 0.3) is 5.89 Å². The third-order valence-electron chi connectivity index (χ3n) is 3.30. The quantitative estimate of drug-likeness (QED) is 0.877. The first-order chi connectivity index (χ1) is 9.16. The number of methoxy groups -OCH3 is 1. The van der Waals surface area contributed by atoms with E-state index in [1.165, 1.54) is 12.4 Å². The van der Waals surface area contributed by atoms with E-state index in [2.05, 4.69) is 20.1 Å². The molecule has 0 atom stereocenters. The van der Waals surface area contributed by atoms with Gasteiger partial charge < -0.3 is 15.0 Å². The van der Waals surface area contributed by atoms with E-state index >= 15 is 0 Å². The van der Waals surface area contributed by atoms with Crippen molar-refractivity contribution in [2.24, 2.45) is 0 Å². The van der Waals surface area contributed by atoms with Gasteiger partial charge in [0, 0.05) is 19.5 Å². The van der Waals surface area contributed by atoms with Crippen LogP contribution in [0.2, 0.25) is 0 Å². The number of hydrogen-bond acceptors (Lipinski definition) is 7. The molecule has 7 heteroatoms. The van der Waals surface area contributed by atoms with E-state index < -0.39 is 5.60 Å². The standard InChI is InChI=1S/C12H17N5O2/c1-4-12(5-2,18-3)11-16-10(19-17-11)8-9(13)15-7-6-14-8/h6-7H,4-5H2,1-3H3,(H2,13,15). The van der Waals surface area contributed by atoms with E-state index in [-0.39, 0.29) is 11.7 Å². The summed E-state index contributed by atoms with van der Waals surface area (Å²) in [5.74, 6) is 1.01.